The summed E-state index contributed by atoms with van der Waals surface area (Å²) in [6.45, 7) is 5.29. The van der Waals surface area contributed by atoms with Gasteiger partial charge in [-0.05, 0) is 62.1 Å². The van der Waals surface area contributed by atoms with Gasteiger partial charge in [-0.25, -0.2) is 0 Å². The van der Waals surface area contributed by atoms with Crippen LogP contribution in [0.5, 0.6) is 11.5 Å². The predicted octanol–water partition coefficient (Wildman–Crippen LogP) is 2.89. The van der Waals surface area contributed by atoms with Crippen LogP contribution in [0.25, 0.3) is 0 Å². The minimum atomic E-state index is -0.0847. The maximum Gasteiger partial charge on any atom is 0.257 e. The first kappa shape index (κ1) is 19.0. The van der Waals surface area contributed by atoms with E-state index in [4.69, 9.17) is 9.47 Å². The number of amides is 1. The van der Waals surface area contributed by atoms with E-state index in [2.05, 4.69) is 21.3 Å². The fraction of sp³-hybridized carbons (Fsp3) is 0.429. The molecule has 1 amide bonds. The van der Waals surface area contributed by atoms with E-state index in [0.717, 1.165) is 31.7 Å². The maximum atomic E-state index is 12.0. The van der Waals surface area contributed by atoms with Crippen LogP contribution in [0.2, 0.25) is 0 Å². The molecule has 27 heavy (non-hydrogen) atoms. The number of hydrogen-bond acceptors (Lipinski definition) is 5. The Hall–Kier alpha value is -2.76. The van der Waals surface area contributed by atoms with E-state index in [-0.39, 0.29) is 12.5 Å². The van der Waals surface area contributed by atoms with Gasteiger partial charge in [0.2, 0.25) is 0 Å². The molecule has 1 aliphatic rings. The molecule has 0 spiro atoms. The Morgan fingerprint density at radius 1 is 1.15 bits per heavy atom. The molecule has 1 aromatic carbocycles. The van der Waals surface area contributed by atoms with Crippen molar-refractivity contribution in [2.24, 2.45) is 5.92 Å². The lowest BCUT2D eigenvalue weighted by atomic mass is 9.96. The SMILES string of the molecule is CCOc1ccc(OCC(=O)NCC2CCN(c3cccnc3)CC2)cc1. The molecule has 0 bridgehead atoms. The van der Waals surface area contributed by atoms with Crippen LogP contribution in [0.4, 0.5) is 5.69 Å². The summed E-state index contributed by atoms with van der Waals surface area (Å²) >= 11 is 0. The highest BCUT2D eigenvalue weighted by molar-refractivity contribution is 5.77. The second-order valence-corrected chi connectivity index (χ2v) is 6.64. The number of pyridine rings is 1. The largest absolute Gasteiger partial charge is 0.494 e. The first-order valence-electron chi connectivity index (χ1n) is 9.52. The Morgan fingerprint density at radius 3 is 2.48 bits per heavy atom. The zero-order valence-electron chi connectivity index (χ0n) is 15.8. The van der Waals surface area contributed by atoms with Crippen molar-refractivity contribution in [3.63, 3.8) is 0 Å². The van der Waals surface area contributed by atoms with Crippen molar-refractivity contribution >= 4 is 11.6 Å². The molecule has 1 N–H and O–H groups in total. The molecular weight excluding hydrogens is 342 g/mol. The molecule has 0 aliphatic carbocycles. The standard InChI is InChI=1S/C21H27N3O3/c1-2-26-19-5-7-20(8-6-19)27-16-21(25)23-14-17-9-12-24(13-10-17)18-4-3-11-22-15-18/h3-8,11,15,17H,2,9-10,12-14,16H2,1H3,(H,23,25). The van der Waals surface area contributed by atoms with Crippen molar-refractivity contribution in [2.45, 2.75) is 19.8 Å². The molecule has 2 heterocycles. The summed E-state index contributed by atoms with van der Waals surface area (Å²) in [7, 11) is 0. The van der Waals surface area contributed by atoms with E-state index >= 15 is 0 Å². The summed E-state index contributed by atoms with van der Waals surface area (Å²) in [6, 6.07) is 11.4. The van der Waals surface area contributed by atoms with Gasteiger partial charge in [0.15, 0.2) is 6.61 Å². The quantitative estimate of drug-likeness (QED) is 0.775. The molecule has 2 aromatic rings. The number of piperidine rings is 1. The Balaban J connectivity index is 1.34. The minimum absolute atomic E-state index is 0.0303. The van der Waals surface area contributed by atoms with Gasteiger partial charge < -0.3 is 19.7 Å². The fourth-order valence-corrected chi connectivity index (χ4v) is 3.19. The molecule has 1 fully saturated rings. The van der Waals surface area contributed by atoms with Crippen molar-refractivity contribution in [1.82, 2.24) is 10.3 Å². The van der Waals surface area contributed by atoms with Crippen LogP contribution in [0.15, 0.2) is 48.8 Å². The summed E-state index contributed by atoms with van der Waals surface area (Å²) in [5, 5.41) is 2.99. The van der Waals surface area contributed by atoms with E-state index in [0.29, 0.717) is 24.8 Å². The molecule has 6 nitrogen and oxygen atoms in total. The fourth-order valence-electron chi connectivity index (χ4n) is 3.19. The number of nitrogens with one attached hydrogen (secondary N) is 1. The van der Waals surface area contributed by atoms with E-state index < -0.39 is 0 Å². The van der Waals surface area contributed by atoms with Gasteiger partial charge in [0, 0.05) is 25.8 Å². The molecule has 0 unspecified atom stereocenters. The minimum Gasteiger partial charge on any atom is -0.494 e. The highest BCUT2D eigenvalue weighted by Gasteiger charge is 2.20. The average molecular weight is 369 g/mol. The number of anilines is 1. The van der Waals surface area contributed by atoms with Gasteiger partial charge in [-0.3, -0.25) is 9.78 Å². The lowest BCUT2D eigenvalue weighted by Crippen LogP contribution is -2.39. The summed E-state index contributed by atoms with van der Waals surface area (Å²) < 4.78 is 10.9. The Bertz CT molecular complexity index is 698. The monoisotopic (exact) mass is 369 g/mol. The lowest BCUT2D eigenvalue weighted by molar-refractivity contribution is -0.123. The van der Waals surface area contributed by atoms with E-state index in [9.17, 15) is 4.79 Å². The van der Waals surface area contributed by atoms with E-state index in [1.54, 1.807) is 6.20 Å². The molecule has 6 heteroatoms. The third kappa shape index (κ3) is 5.88. The number of ether oxygens (including phenoxy) is 2. The van der Waals surface area contributed by atoms with E-state index in [1.165, 1.54) is 5.69 Å². The molecule has 1 aliphatic heterocycles. The molecule has 0 saturated carbocycles. The number of benzene rings is 1. The van der Waals surface area contributed by atoms with Crippen LogP contribution in [0, 0.1) is 5.92 Å². The predicted molar refractivity (Wildman–Crippen MR) is 105 cm³/mol. The van der Waals surface area contributed by atoms with Crippen molar-refractivity contribution in [2.75, 3.05) is 37.7 Å². The van der Waals surface area contributed by atoms with Crippen LogP contribution in [-0.4, -0.2) is 43.7 Å². The van der Waals surface area contributed by atoms with Gasteiger partial charge in [0.25, 0.3) is 5.91 Å². The van der Waals surface area contributed by atoms with Gasteiger partial charge in [-0.1, -0.05) is 0 Å². The van der Waals surface area contributed by atoms with Crippen molar-refractivity contribution in [3.05, 3.63) is 48.8 Å². The number of hydrogen-bond donors (Lipinski definition) is 1. The van der Waals surface area contributed by atoms with E-state index in [1.807, 2.05) is 43.5 Å². The molecule has 1 saturated heterocycles. The molecule has 144 valence electrons. The first-order chi connectivity index (χ1) is 13.2. The molecule has 3 rings (SSSR count). The third-order valence-electron chi connectivity index (χ3n) is 4.72. The maximum absolute atomic E-state index is 12.0. The smallest absolute Gasteiger partial charge is 0.257 e. The third-order valence-corrected chi connectivity index (χ3v) is 4.72. The summed E-state index contributed by atoms with van der Waals surface area (Å²) in [6.07, 6.45) is 5.82. The zero-order chi connectivity index (χ0) is 18.9. The first-order valence-corrected chi connectivity index (χ1v) is 9.52. The van der Waals surface area contributed by atoms with Crippen molar-refractivity contribution in [1.29, 1.82) is 0 Å². The molecule has 0 atom stereocenters. The number of nitrogens with zero attached hydrogens (tertiary/aromatic N) is 2. The van der Waals surface area contributed by atoms with Crippen LogP contribution in [0.3, 0.4) is 0 Å². The second kappa shape index (κ2) is 9.80. The lowest BCUT2D eigenvalue weighted by Gasteiger charge is -2.33. The zero-order valence-corrected chi connectivity index (χ0v) is 15.8. The van der Waals surface area contributed by atoms with Gasteiger partial charge in [-0.15, -0.1) is 0 Å². The number of rotatable bonds is 8. The topological polar surface area (TPSA) is 63.7 Å². The van der Waals surface area contributed by atoms with Crippen LogP contribution in [0.1, 0.15) is 19.8 Å². The van der Waals surface area contributed by atoms with Crippen LogP contribution in [-0.2, 0) is 4.79 Å². The van der Waals surface area contributed by atoms with Crippen LogP contribution < -0.4 is 19.7 Å². The average Bonchev–Trinajstić information content (AvgIpc) is 2.73. The highest BCUT2D eigenvalue weighted by Crippen LogP contribution is 2.22. The summed E-state index contributed by atoms with van der Waals surface area (Å²) in [5.74, 6) is 1.89. The normalized spacial score (nSPS) is 14.6. The highest BCUT2D eigenvalue weighted by atomic mass is 16.5. The van der Waals surface area contributed by atoms with Crippen LogP contribution >= 0.6 is 0 Å². The van der Waals surface area contributed by atoms with Gasteiger partial charge in [-0.2, -0.15) is 0 Å². The Labute approximate surface area is 160 Å². The number of carbonyl (C=O) groups is 1. The second-order valence-electron chi connectivity index (χ2n) is 6.64. The van der Waals surface area contributed by atoms with Gasteiger partial charge in [0.05, 0.1) is 18.5 Å². The molecule has 1 aromatic heterocycles. The summed E-state index contributed by atoms with van der Waals surface area (Å²) in [4.78, 5) is 18.6. The Morgan fingerprint density at radius 2 is 1.85 bits per heavy atom. The number of aromatic nitrogens is 1. The Kier molecular flexibility index (Phi) is 6.90. The number of carbonyl (C=O) groups excluding carboxylic acids is 1. The van der Waals surface area contributed by atoms with Crippen molar-refractivity contribution in [3.8, 4) is 11.5 Å². The molecular formula is C21H27N3O3. The van der Waals surface area contributed by atoms with Gasteiger partial charge in [0.1, 0.15) is 11.5 Å². The van der Waals surface area contributed by atoms with Crippen molar-refractivity contribution < 1.29 is 14.3 Å². The summed E-state index contributed by atoms with van der Waals surface area (Å²) in [5.41, 5.74) is 1.17. The van der Waals surface area contributed by atoms with Gasteiger partial charge >= 0.3 is 0 Å². The molecule has 0 radical (unpaired) electrons.